The Morgan fingerprint density at radius 1 is 0.968 bits per heavy atom. The van der Waals surface area contributed by atoms with E-state index >= 15 is 0 Å². The van der Waals surface area contributed by atoms with E-state index in [0.717, 1.165) is 18.4 Å². The van der Waals surface area contributed by atoms with Crippen molar-refractivity contribution in [2.75, 3.05) is 42.7 Å². The van der Waals surface area contributed by atoms with E-state index in [1.165, 1.54) is 0 Å². The van der Waals surface area contributed by atoms with Gasteiger partial charge >= 0.3 is 0 Å². The molecule has 31 heavy (non-hydrogen) atoms. The highest BCUT2D eigenvalue weighted by Gasteiger charge is 2.68. The van der Waals surface area contributed by atoms with Crippen LogP contribution in [-0.2, 0) is 18.9 Å². The molecule has 0 N–H and O–H groups in total. The fraction of sp³-hybridized carbons (Fsp3) is 0.667. The summed E-state index contributed by atoms with van der Waals surface area (Å²) in [6.45, 7) is 6.24. The third kappa shape index (κ3) is 3.61. The van der Waals surface area contributed by atoms with Gasteiger partial charge in [0.15, 0.2) is 17.3 Å². The molecular weight excluding hydrogens is 400 g/mol. The first-order chi connectivity index (χ1) is 14.9. The van der Waals surface area contributed by atoms with Crippen molar-refractivity contribution in [3.05, 3.63) is 30.4 Å². The highest BCUT2D eigenvalue weighted by Crippen LogP contribution is 2.65. The van der Waals surface area contributed by atoms with Crippen LogP contribution in [0.4, 0.5) is 0 Å². The third-order valence-corrected chi connectivity index (χ3v) is 7.31. The Kier molecular flexibility index (Phi) is 7.21. The van der Waals surface area contributed by atoms with Crippen molar-refractivity contribution in [3.8, 4) is 17.2 Å². The maximum absolute atomic E-state index is 6.80. The third-order valence-electron chi connectivity index (χ3n) is 7.31. The topological polar surface area (TPSA) is 64.6 Å². The first kappa shape index (κ1) is 23.9. The number of hydrogen-bond acceptors (Lipinski definition) is 7. The van der Waals surface area contributed by atoms with Crippen LogP contribution in [0.3, 0.4) is 0 Å². The highest BCUT2D eigenvalue weighted by molar-refractivity contribution is 5.54. The van der Waals surface area contributed by atoms with E-state index in [-0.39, 0.29) is 29.6 Å². The summed E-state index contributed by atoms with van der Waals surface area (Å²) in [5.41, 5.74) is 0.615. The molecule has 6 atom stereocenters. The van der Waals surface area contributed by atoms with Gasteiger partial charge in [0.2, 0.25) is 5.75 Å². The molecule has 1 saturated carbocycles. The minimum absolute atomic E-state index is 0.0574. The Morgan fingerprint density at radius 3 is 2.00 bits per heavy atom. The monoisotopic (exact) mass is 436 g/mol. The molecule has 0 radical (unpaired) electrons. The fourth-order valence-electron chi connectivity index (χ4n) is 5.65. The van der Waals surface area contributed by atoms with E-state index < -0.39 is 5.79 Å². The molecule has 0 aromatic heterocycles. The standard InChI is InChI=1S/C24H36O7/c1-9-10-23-13-19(27-5)20(28-6)14-24(23,30-8)31-21(15(23)2)16-11-17(25-3)22(29-7)18(12-16)26-4/h9,11-12,15,19-21H,1,10,13-14H2,2-8H3. The Morgan fingerprint density at radius 2 is 1.55 bits per heavy atom. The fourth-order valence-corrected chi connectivity index (χ4v) is 5.65. The summed E-state index contributed by atoms with van der Waals surface area (Å²) in [5.74, 6) is 1.01. The summed E-state index contributed by atoms with van der Waals surface area (Å²) in [6.07, 6.45) is 3.56. The van der Waals surface area contributed by atoms with Gasteiger partial charge in [-0.25, -0.2) is 0 Å². The first-order valence-corrected chi connectivity index (χ1v) is 10.6. The van der Waals surface area contributed by atoms with E-state index in [2.05, 4.69) is 13.5 Å². The van der Waals surface area contributed by atoms with Gasteiger partial charge in [0.25, 0.3) is 0 Å². The second-order valence-corrected chi connectivity index (χ2v) is 8.35. The predicted octanol–water partition coefficient (Wildman–Crippen LogP) is 4.15. The largest absolute Gasteiger partial charge is 0.493 e. The van der Waals surface area contributed by atoms with Crippen molar-refractivity contribution in [1.29, 1.82) is 0 Å². The van der Waals surface area contributed by atoms with E-state index in [0.29, 0.717) is 23.7 Å². The van der Waals surface area contributed by atoms with Crippen LogP contribution >= 0.6 is 0 Å². The molecule has 1 aromatic rings. The summed E-state index contributed by atoms with van der Waals surface area (Å²) < 4.78 is 41.2. The lowest BCUT2D eigenvalue weighted by atomic mass is 9.59. The lowest BCUT2D eigenvalue weighted by Gasteiger charge is -2.52. The molecule has 7 heteroatoms. The maximum Gasteiger partial charge on any atom is 0.203 e. The molecule has 1 aliphatic heterocycles. The van der Waals surface area contributed by atoms with Crippen LogP contribution in [0.2, 0.25) is 0 Å². The number of allylic oxidation sites excluding steroid dienone is 1. The molecule has 1 heterocycles. The molecule has 0 spiro atoms. The Balaban J connectivity index is 2.13. The van der Waals surface area contributed by atoms with Crippen LogP contribution < -0.4 is 14.2 Å². The number of rotatable bonds is 9. The zero-order valence-corrected chi connectivity index (χ0v) is 19.7. The van der Waals surface area contributed by atoms with Gasteiger partial charge in [0.1, 0.15) is 0 Å². The molecule has 3 rings (SSSR count). The quantitative estimate of drug-likeness (QED) is 0.539. The van der Waals surface area contributed by atoms with Gasteiger partial charge in [0.05, 0.1) is 39.6 Å². The van der Waals surface area contributed by atoms with Crippen LogP contribution in [0.25, 0.3) is 0 Å². The number of benzene rings is 1. The number of fused-ring (bicyclic) bond motifs is 1. The van der Waals surface area contributed by atoms with E-state index in [1.54, 1.807) is 42.7 Å². The minimum atomic E-state index is -0.832. The van der Waals surface area contributed by atoms with E-state index in [1.807, 2.05) is 18.2 Å². The molecule has 6 unspecified atom stereocenters. The maximum atomic E-state index is 6.80. The van der Waals surface area contributed by atoms with Crippen molar-refractivity contribution in [2.45, 2.75) is 50.3 Å². The highest BCUT2D eigenvalue weighted by atomic mass is 16.7. The average Bonchev–Trinajstić information content (AvgIpc) is 3.05. The second-order valence-electron chi connectivity index (χ2n) is 8.35. The summed E-state index contributed by atoms with van der Waals surface area (Å²) in [5, 5.41) is 0. The van der Waals surface area contributed by atoms with Crippen LogP contribution in [0, 0.1) is 11.3 Å². The van der Waals surface area contributed by atoms with Gasteiger partial charge in [-0.2, -0.15) is 0 Å². The lowest BCUT2D eigenvalue weighted by Crippen LogP contribution is -2.59. The van der Waals surface area contributed by atoms with Crippen molar-refractivity contribution >= 4 is 0 Å². The van der Waals surface area contributed by atoms with Crippen molar-refractivity contribution in [1.82, 2.24) is 0 Å². The molecule has 174 valence electrons. The van der Waals surface area contributed by atoms with Crippen LogP contribution in [0.1, 0.15) is 37.9 Å². The van der Waals surface area contributed by atoms with E-state index in [4.69, 9.17) is 33.2 Å². The molecule has 1 saturated heterocycles. The smallest absolute Gasteiger partial charge is 0.203 e. The number of methoxy groups -OCH3 is 6. The number of hydrogen-bond donors (Lipinski definition) is 0. The summed E-state index contributed by atoms with van der Waals surface area (Å²) in [4.78, 5) is 0. The second kappa shape index (κ2) is 9.36. The average molecular weight is 437 g/mol. The van der Waals surface area contributed by atoms with Crippen LogP contribution in [-0.4, -0.2) is 60.7 Å². The molecule has 0 amide bonds. The minimum Gasteiger partial charge on any atom is -0.493 e. The molecule has 2 aliphatic rings. The lowest BCUT2D eigenvalue weighted by molar-refractivity contribution is -0.302. The summed E-state index contributed by atoms with van der Waals surface area (Å²) in [7, 11) is 9.97. The van der Waals surface area contributed by atoms with Gasteiger partial charge in [-0.15, -0.1) is 6.58 Å². The molecule has 0 bridgehead atoms. The SMILES string of the molecule is C=CCC12CC(OC)C(OC)CC1(OC)OC(c1cc(OC)c(OC)c(OC)c1)C2C. The van der Waals surface area contributed by atoms with Gasteiger partial charge in [-0.3, -0.25) is 0 Å². The van der Waals surface area contributed by atoms with Gasteiger partial charge < -0.3 is 33.2 Å². The normalized spacial score (nSPS) is 34.8. The summed E-state index contributed by atoms with van der Waals surface area (Å²) in [6, 6.07) is 3.90. The molecule has 2 fully saturated rings. The van der Waals surface area contributed by atoms with E-state index in [9.17, 15) is 0 Å². The van der Waals surface area contributed by atoms with Crippen molar-refractivity contribution < 1.29 is 33.2 Å². The van der Waals surface area contributed by atoms with Crippen molar-refractivity contribution in [2.24, 2.45) is 11.3 Å². The van der Waals surface area contributed by atoms with Crippen molar-refractivity contribution in [3.63, 3.8) is 0 Å². The number of ether oxygens (including phenoxy) is 7. The Labute approximate surface area is 185 Å². The van der Waals surface area contributed by atoms with Crippen LogP contribution in [0.5, 0.6) is 17.2 Å². The molecule has 1 aromatic carbocycles. The predicted molar refractivity (Wildman–Crippen MR) is 117 cm³/mol. The Bertz CT molecular complexity index is 756. The zero-order chi connectivity index (χ0) is 22.8. The summed E-state index contributed by atoms with van der Waals surface area (Å²) >= 11 is 0. The zero-order valence-electron chi connectivity index (χ0n) is 19.7. The Hall–Kier alpha value is -1.80. The van der Waals surface area contributed by atoms with Gasteiger partial charge in [-0.1, -0.05) is 13.0 Å². The van der Waals surface area contributed by atoms with Gasteiger partial charge in [-0.05, 0) is 36.5 Å². The molecule has 1 aliphatic carbocycles. The first-order valence-electron chi connectivity index (χ1n) is 10.6. The molecular formula is C24H36O7. The molecule has 7 nitrogen and oxygen atoms in total. The van der Waals surface area contributed by atoms with Crippen LogP contribution in [0.15, 0.2) is 24.8 Å². The van der Waals surface area contributed by atoms with Gasteiger partial charge in [0, 0.05) is 33.2 Å².